The molecule has 1 fully saturated rings. The first-order chi connectivity index (χ1) is 14.5. The van der Waals surface area contributed by atoms with Crippen LogP contribution in [0.15, 0.2) is 34.7 Å². The maximum atomic E-state index is 12.9. The third-order valence-electron chi connectivity index (χ3n) is 5.29. The summed E-state index contributed by atoms with van der Waals surface area (Å²) in [5, 5.41) is 12.4. The van der Waals surface area contributed by atoms with Crippen molar-refractivity contribution in [1.29, 1.82) is 0 Å². The van der Waals surface area contributed by atoms with Gasteiger partial charge in [-0.25, -0.2) is 0 Å². The highest BCUT2D eigenvalue weighted by Crippen LogP contribution is 2.29. The lowest BCUT2D eigenvalue weighted by Crippen LogP contribution is -2.17. The van der Waals surface area contributed by atoms with Gasteiger partial charge in [0.05, 0.1) is 11.9 Å². The minimum atomic E-state index is 0.120. The fraction of sp³-hybridized carbons (Fsp3) is 0.409. The Bertz CT molecular complexity index is 1040. The number of benzene rings is 1. The van der Waals surface area contributed by atoms with Crippen molar-refractivity contribution >= 4 is 39.7 Å². The van der Waals surface area contributed by atoms with E-state index in [1.54, 1.807) is 0 Å². The van der Waals surface area contributed by atoms with Gasteiger partial charge in [-0.05, 0) is 57.4 Å². The van der Waals surface area contributed by atoms with E-state index in [4.69, 9.17) is 4.74 Å². The second-order valence-electron chi connectivity index (χ2n) is 7.61. The number of carbonyl (C=O) groups is 1. The molecule has 3 heterocycles. The summed E-state index contributed by atoms with van der Waals surface area (Å²) < 4.78 is 8.76. The Kier molecular flexibility index (Phi) is 6.55. The number of thioether (sulfide) groups is 1. The van der Waals surface area contributed by atoms with Crippen molar-refractivity contribution in [3.63, 3.8) is 0 Å². The standard InChI is InChI=1S/C22H26N4O2S2/c1-14-6-4-7-17(10-14)23-21-24-25-22(30-21)29-13-20(27)19-11-15(2)26(16(19)3)12-18-8-5-9-28-18/h4,6-7,10-11,18H,5,8-9,12-13H2,1-3H3,(H,23,24)/t18-/m0/s1. The highest BCUT2D eigenvalue weighted by atomic mass is 32.2. The van der Waals surface area contributed by atoms with Gasteiger partial charge < -0.3 is 14.6 Å². The molecular formula is C22H26N4O2S2. The lowest BCUT2D eigenvalue weighted by Gasteiger charge is -2.14. The molecule has 1 aliphatic rings. The minimum absolute atomic E-state index is 0.120. The highest BCUT2D eigenvalue weighted by molar-refractivity contribution is 8.01. The van der Waals surface area contributed by atoms with Gasteiger partial charge in [-0.1, -0.05) is 35.2 Å². The topological polar surface area (TPSA) is 69.0 Å². The Morgan fingerprint density at radius 2 is 2.17 bits per heavy atom. The van der Waals surface area contributed by atoms with Crippen molar-refractivity contribution in [3.05, 3.63) is 52.8 Å². The van der Waals surface area contributed by atoms with E-state index in [-0.39, 0.29) is 11.9 Å². The van der Waals surface area contributed by atoms with E-state index in [0.29, 0.717) is 5.75 Å². The summed E-state index contributed by atoms with van der Waals surface area (Å²) in [6.45, 7) is 7.79. The van der Waals surface area contributed by atoms with E-state index < -0.39 is 0 Å². The first-order valence-electron chi connectivity index (χ1n) is 10.1. The Balaban J connectivity index is 1.36. The molecular weight excluding hydrogens is 416 g/mol. The van der Waals surface area contributed by atoms with Crippen LogP contribution in [0.4, 0.5) is 10.8 Å². The van der Waals surface area contributed by atoms with Gasteiger partial charge in [-0.2, -0.15) is 0 Å². The first-order valence-corrected chi connectivity index (χ1v) is 11.9. The van der Waals surface area contributed by atoms with Crippen molar-refractivity contribution in [2.75, 3.05) is 17.7 Å². The van der Waals surface area contributed by atoms with Gasteiger partial charge in [-0.15, -0.1) is 10.2 Å². The first kappa shape index (κ1) is 21.1. The third kappa shape index (κ3) is 4.94. The van der Waals surface area contributed by atoms with E-state index in [1.807, 2.05) is 25.1 Å². The van der Waals surface area contributed by atoms with Crippen LogP contribution in [-0.4, -0.2) is 39.0 Å². The van der Waals surface area contributed by atoms with Gasteiger partial charge >= 0.3 is 0 Å². The number of Topliss-reactive ketones (excluding diaryl/α,β-unsaturated/α-hetero) is 1. The van der Waals surface area contributed by atoms with Crippen LogP contribution in [0.3, 0.4) is 0 Å². The average molecular weight is 443 g/mol. The summed E-state index contributed by atoms with van der Waals surface area (Å²) in [4.78, 5) is 12.9. The molecule has 1 saturated heterocycles. The van der Waals surface area contributed by atoms with E-state index in [0.717, 1.165) is 58.1 Å². The lowest BCUT2D eigenvalue weighted by atomic mass is 10.2. The number of hydrogen-bond donors (Lipinski definition) is 1. The van der Waals surface area contributed by atoms with E-state index >= 15 is 0 Å². The smallest absolute Gasteiger partial charge is 0.210 e. The molecule has 4 rings (SSSR count). The van der Waals surface area contributed by atoms with E-state index in [1.165, 1.54) is 28.7 Å². The maximum absolute atomic E-state index is 12.9. The van der Waals surface area contributed by atoms with Gasteiger partial charge in [0.15, 0.2) is 10.1 Å². The molecule has 0 amide bonds. The summed E-state index contributed by atoms with van der Waals surface area (Å²) in [6, 6.07) is 10.1. The van der Waals surface area contributed by atoms with E-state index in [2.05, 4.69) is 46.1 Å². The van der Waals surface area contributed by atoms with Gasteiger partial charge in [0.2, 0.25) is 5.13 Å². The van der Waals surface area contributed by atoms with Crippen molar-refractivity contribution in [2.45, 2.75) is 50.6 Å². The molecule has 8 heteroatoms. The molecule has 0 aliphatic carbocycles. The molecule has 3 aromatic rings. The molecule has 1 N–H and O–H groups in total. The summed E-state index contributed by atoms with van der Waals surface area (Å²) >= 11 is 2.90. The van der Waals surface area contributed by atoms with Crippen molar-refractivity contribution in [1.82, 2.24) is 14.8 Å². The van der Waals surface area contributed by atoms with E-state index in [9.17, 15) is 4.79 Å². The molecule has 6 nitrogen and oxygen atoms in total. The molecule has 0 spiro atoms. The van der Waals surface area contributed by atoms with Crippen LogP contribution in [-0.2, 0) is 11.3 Å². The zero-order chi connectivity index (χ0) is 21.1. The van der Waals surface area contributed by atoms with Crippen molar-refractivity contribution in [2.24, 2.45) is 0 Å². The Morgan fingerprint density at radius 1 is 1.30 bits per heavy atom. The number of aryl methyl sites for hydroxylation is 2. The van der Waals surface area contributed by atoms with Gasteiger partial charge in [0, 0.05) is 35.8 Å². The van der Waals surface area contributed by atoms with Gasteiger partial charge in [-0.3, -0.25) is 4.79 Å². The molecule has 158 valence electrons. The fourth-order valence-electron chi connectivity index (χ4n) is 3.73. The molecule has 0 unspecified atom stereocenters. The van der Waals surface area contributed by atoms with Crippen LogP contribution in [0, 0.1) is 20.8 Å². The number of ketones is 1. The fourth-order valence-corrected chi connectivity index (χ4v) is 5.38. The predicted molar refractivity (Wildman–Crippen MR) is 122 cm³/mol. The number of nitrogens with one attached hydrogen (secondary N) is 1. The molecule has 0 saturated carbocycles. The number of hydrogen-bond acceptors (Lipinski definition) is 7. The largest absolute Gasteiger partial charge is 0.376 e. The molecule has 1 atom stereocenters. The minimum Gasteiger partial charge on any atom is -0.376 e. The Morgan fingerprint density at radius 3 is 2.93 bits per heavy atom. The van der Waals surface area contributed by atoms with Crippen molar-refractivity contribution < 1.29 is 9.53 Å². The second kappa shape index (κ2) is 9.32. The van der Waals surface area contributed by atoms with Crippen LogP contribution >= 0.6 is 23.1 Å². The molecule has 2 aromatic heterocycles. The second-order valence-corrected chi connectivity index (χ2v) is 9.81. The van der Waals surface area contributed by atoms with Crippen molar-refractivity contribution in [3.8, 4) is 0 Å². The molecule has 1 aromatic carbocycles. The summed E-state index contributed by atoms with van der Waals surface area (Å²) in [5.41, 5.74) is 5.09. The molecule has 0 bridgehead atoms. The quantitative estimate of drug-likeness (QED) is 0.384. The molecule has 0 radical (unpaired) electrons. The van der Waals surface area contributed by atoms with Gasteiger partial charge in [0.25, 0.3) is 0 Å². The third-order valence-corrected chi connectivity index (χ3v) is 7.26. The SMILES string of the molecule is Cc1cccc(Nc2nnc(SCC(=O)c3cc(C)n(C[C@@H]4CCCO4)c3C)s2)c1. The van der Waals surface area contributed by atoms with Crippen LogP contribution in [0.25, 0.3) is 0 Å². The van der Waals surface area contributed by atoms with Crippen LogP contribution in [0.2, 0.25) is 0 Å². The Hall–Kier alpha value is -2.16. The average Bonchev–Trinajstić information content (AvgIpc) is 3.44. The maximum Gasteiger partial charge on any atom is 0.210 e. The van der Waals surface area contributed by atoms with Crippen LogP contribution in [0.1, 0.15) is 40.2 Å². The van der Waals surface area contributed by atoms with Crippen LogP contribution < -0.4 is 5.32 Å². The lowest BCUT2D eigenvalue weighted by molar-refractivity contribution is 0.0957. The Labute approximate surface area is 185 Å². The van der Waals surface area contributed by atoms with Gasteiger partial charge in [0.1, 0.15) is 0 Å². The molecule has 1 aliphatic heterocycles. The number of ether oxygens (including phenoxy) is 1. The molecule has 30 heavy (non-hydrogen) atoms. The monoisotopic (exact) mass is 442 g/mol. The summed E-state index contributed by atoms with van der Waals surface area (Å²) in [7, 11) is 0. The number of anilines is 2. The summed E-state index contributed by atoms with van der Waals surface area (Å²) in [6.07, 6.45) is 2.47. The number of rotatable bonds is 8. The predicted octanol–water partition coefficient (Wildman–Crippen LogP) is 5.16. The zero-order valence-corrected chi connectivity index (χ0v) is 19.1. The normalized spacial score (nSPS) is 16.2. The number of aromatic nitrogens is 3. The number of carbonyl (C=O) groups excluding carboxylic acids is 1. The highest BCUT2D eigenvalue weighted by Gasteiger charge is 2.21. The number of nitrogens with zero attached hydrogens (tertiary/aromatic N) is 3. The summed E-state index contributed by atoms with van der Waals surface area (Å²) in [5.74, 6) is 0.471. The zero-order valence-electron chi connectivity index (χ0n) is 17.5. The van der Waals surface area contributed by atoms with Crippen LogP contribution in [0.5, 0.6) is 0 Å².